The zero-order valence-corrected chi connectivity index (χ0v) is 25.2. The van der Waals surface area contributed by atoms with Gasteiger partial charge in [-0.15, -0.1) is 0 Å². The summed E-state index contributed by atoms with van der Waals surface area (Å²) in [6, 6.07) is 0. The van der Waals surface area contributed by atoms with Crippen LogP contribution in [0, 0.1) is 28.6 Å². The van der Waals surface area contributed by atoms with Gasteiger partial charge in [0.15, 0.2) is 6.29 Å². The molecule has 236 valence electrons. The van der Waals surface area contributed by atoms with E-state index in [2.05, 4.69) is 11.9 Å². The second-order valence-electron chi connectivity index (χ2n) is 14.2. The predicted octanol–water partition coefficient (Wildman–Crippen LogP) is 2.30. The molecule has 0 aromatic carbocycles. The summed E-state index contributed by atoms with van der Waals surface area (Å²) >= 11 is 0. The number of carbonyl (C=O) groups is 1. The topological polar surface area (TPSA) is 147 Å². The number of hydrogen-bond acceptors (Lipinski definition) is 10. The number of aliphatic imine (C=N–C) groups is 1. The molecule has 2 heterocycles. The lowest BCUT2D eigenvalue weighted by Crippen LogP contribution is -2.69. The van der Waals surface area contributed by atoms with Crippen molar-refractivity contribution in [2.75, 3.05) is 26.9 Å². The van der Waals surface area contributed by atoms with Gasteiger partial charge < -0.3 is 39.4 Å². The van der Waals surface area contributed by atoms with Gasteiger partial charge >= 0.3 is 5.97 Å². The highest BCUT2D eigenvalue weighted by Gasteiger charge is 2.71. The third-order valence-corrected chi connectivity index (χ3v) is 12.5. The number of cyclic esters (lactones) is 1. The Labute approximate surface area is 248 Å². The molecule has 4 N–H and O–H groups in total. The SMILES string of the molecule is CO[C@H]1C[C@H](O[C@@H]2CC[C@]3(C=NCCO)[C@H]4CC[C@]5(C)[C@H](C6=CC(=O)OC6)CC[C@]5(O)[C@@H]4CC[C@@]3(O)C2)O[C@H](C)[C@H]1O. The number of ether oxygens (including phenoxy) is 4. The average Bonchev–Trinajstić information content (AvgIpc) is 3.50. The molecule has 0 radical (unpaired) electrons. The third kappa shape index (κ3) is 4.63. The highest BCUT2D eigenvalue weighted by atomic mass is 16.7. The number of fused-ring (bicyclic) bond motifs is 5. The lowest BCUT2D eigenvalue weighted by Gasteiger charge is -2.66. The first kappa shape index (κ1) is 30.6. The van der Waals surface area contributed by atoms with E-state index >= 15 is 0 Å². The number of aliphatic hydroxyl groups excluding tert-OH is 2. The van der Waals surface area contributed by atoms with Gasteiger partial charge in [0.1, 0.15) is 12.7 Å². The van der Waals surface area contributed by atoms with Crippen LogP contribution in [0.4, 0.5) is 0 Å². The summed E-state index contributed by atoms with van der Waals surface area (Å²) in [7, 11) is 1.58. The third-order valence-electron chi connectivity index (χ3n) is 12.5. The van der Waals surface area contributed by atoms with E-state index in [0.29, 0.717) is 51.6 Å². The van der Waals surface area contributed by atoms with Gasteiger partial charge in [-0.25, -0.2) is 4.79 Å². The maximum absolute atomic E-state index is 12.6. The van der Waals surface area contributed by atoms with Crippen molar-refractivity contribution < 1.29 is 44.2 Å². The van der Waals surface area contributed by atoms with Crippen molar-refractivity contribution in [3.8, 4) is 0 Å². The molecule has 42 heavy (non-hydrogen) atoms. The second kappa shape index (κ2) is 11.2. The highest BCUT2D eigenvalue weighted by Crippen LogP contribution is 2.70. The van der Waals surface area contributed by atoms with Crippen molar-refractivity contribution in [3.05, 3.63) is 11.6 Å². The van der Waals surface area contributed by atoms with Gasteiger partial charge in [0.2, 0.25) is 0 Å². The molecule has 1 saturated heterocycles. The van der Waals surface area contributed by atoms with Crippen LogP contribution in [0.5, 0.6) is 0 Å². The first-order valence-electron chi connectivity index (χ1n) is 16.0. The Balaban J connectivity index is 1.25. The molecule has 6 aliphatic rings. The quantitative estimate of drug-likeness (QED) is 0.199. The van der Waals surface area contributed by atoms with E-state index in [-0.39, 0.29) is 54.5 Å². The lowest BCUT2D eigenvalue weighted by atomic mass is 9.41. The molecule has 4 aliphatic carbocycles. The van der Waals surface area contributed by atoms with Crippen LogP contribution >= 0.6 is 0 Å². The minimum atomic E-state index is -1.08. The van der Waals surface area contributed by atoms with Crippen molar-refractivity contribution in [2.45, 2.75) is 120 Å². The van der Waals surface area contributed by atoms with Crippen LogP contribution in [0.25, 0.3) is 0 Å². The molecule has 2 aliphatic heterocycles. The van der Waals surface area contributed by atoms with Crippen LogP contribution < -0.4 is 0 Å². The summed E-state index contributed by atoms with van der Waals surface area (Å²) < 4.78 is 23.1. The number of carbonyl (C=O) groups excluding carboxylic acids is 1. The smallest absolute Gasteiger partial charge is 0.331 e. The molecule has 0 amide bonds. The predicted molar refractivity (Wildman–Crippen MR) is 153 cm³/mol. The van der Waals surface area contributed by atoms with Gasteiger partial charge in [0, 0.05) is 43.1 Å². The molecule has 0 bridgehead atoms. The molecule has 10 nitrogen and oxygen atoms in total. The molecule has 0 aromatic rings. The van der Waals surface area contributed by atoms with Crippen molar-refractivity contribution in [1.82, 2.24) is 0 Å². The average molecular weight is 592 g/mol. The summed E-state index contributed by atoms with van der Waals surface area (Å²) in [5, 5.41) is 45.0. The summed E-state index contributed by atoms with van der Waals surface area (Å²) in [5.41, 5.74) is -2.00. The number of aliphatic hydroxyl groups is 4. The molecular weight excluding hydrogens is 542 g/mol. The van der Waals surface area contributed by atoms with E-state index in [0.717, 1.165) is 24.8 Å². The Morgan fingerprint density at radius 2 is 1.90 bits per heavy atom. The Kier molecular flexibility index (Phi) is 8.16. The van der Waals surface area contributed by atoms with Crippen molar-refractivity contribution >= 4 is 12.2 Å². The first-order chi connectivity index (χ1) is 20.0. The maximum Gasteiger partial charge on any atom is 0.331 e. The number of esters is 1. The minimum Gasteiger partial charge on any atom is -0.458 e. The number of nitrogens with zero attached hydrogens (tertiary/aromatic N) is 1. The molecule has 0 aromatic heterocycles. The summed E-state index contributed by atoms with van der Waals surface area (Å²) in [6.45, 7) is 4.53. The van der Waals surface area contributed by atoms with Gasteiger partial charge in [0.25, 0.3) is 0 Å². The van der Waals surface area contributed by atoms with Crippen LogP contribution in [0.1, 0.15) is 78.1 Å². The van der Waals surface area contributed by atoms with Crippen molar-refractivity contribution in [3.63, 3.8) is 0 Å². The van der Waals surface area contributed by atoms with E-state index in [1.807, 2.05) is 13.1 Å². The number of methoxy groups -OCH3 is 1. The van der Waals surface area contributed by atoms with Crippen LogP contribution in [0.15, 0.2) is 16.6 Å². The maximum atomic E-state index is 12.6. The zero-order chi connectivity index (χ0) is 29.9. The van der Waals surface area contributed by atoms with Gasteiger partial charge in [-0.2, -0.15) is 0 Å². The van der Waals surface area contributed by atoms with Gasteiger partial charge in [-0.05, 0) is 81.6 Å². The van der Waals surface area contributed by atoms with Gasteiger partial charge in [-0.3, -0.25) is 4.99 Å². The second-order valence-corrected chi connectivity index (χ2v) is 14.2. The van der Waals surface area contributed by atoms with E-state index in [4.69, 9.17) is 18.9 Å². The molecule has 5 fully saturated rings. The summed E-state index contributed by atoms with van der Waals surface area (Å²) in [5.74, 6) is -0.165. The van der Waals surface area contributed by atoms with E-state index in [9.17, 15) is 25.2 Å². The van der Waals surface area contributed by atoms with Gasteiger partial charge in [0.05, 0.1) is 42.7 Å². The summed E-state index contributed by atoms with van der Waals surface area (Å²) in [6.07, 6.45) is 7.86. The minimum absolute atomic E-state index is 0.00957. The van der Waals surface area contributed by atoms with Crippen molar-refractivity contribution in [1.29, 1.82) is 0 Å². The van der Waals surface area contributed by atoms with Crippen LogP contribution in [0.2, 0.25) is 0 Å². The lowest BCUT2D eigenvalue weighted by molar-refractivity contribution is -0.284. The van der Waals surface area contributed by atoms with E-state index in [1.165, 1.54) is 0 Å². The van der Waals surface area contributed by atoms with Crippen LogP contribution in [0.3, 0.4) is 0 Å². The zero-order valence-electron chi connectivity index (χ0n) is 25.2. The van der Waals surface area contributed by atoms with E-state index < -0.39 is 35.1 Å². The summed E-state index contributed by atoms with van der Waals surface area (Å²) in [4.78, 5) is 16.5. The first-order valence-corrected chi connectivity index (χ1v) is 16.0. The molecule has 0 unspecified atom stereocenters. The Morgan fingerprint density at radius 3 is 2.62 bits per heavy atom. The Morgan fingerprint density at radius 1 is 1.12 bits per heavy atom. The van der Waals surface area contributed by atoms with Crippen molar-refractivity contribution in [2.24, 2.45) is 33.6 Å². The monoisotopic (exact) mass is 591 g/mol. The fraction of sp³-hybridized carbons (Fsp3) is 0.875. The fourth-order valence-corrected chi connectivity index (χ4v) is 10.3. The standard InChI is InChI=1S/C32H49NO9/c1-19-28(36)25(39-3)15-27(41-19)42-21-4-9-30(18-33-12-13-34)23-5-8-29(2)22(20-14-26(35)40-17-20)7-11-32(29,38)24(23)6-10-31(30,37)16-21/h14,18-19,21-25,27-28,34,36-38H,4-13,15-17H2,1-3H3/t19-,21-,22+,23+,24-,25+,27+,28-,29-,30+,31-,32+/m1/s1. The van der Waals surface area contributed by atoms with Crippen LogP contribution in [-0.4, -0.2) is 101 Å². The van der Waals surface area contributed by atoms with Gasteiger partial charge in [-0.1, -0.05) is 6.92 Å². The normalized spacial score (nSPS) is 50.6. The Bertz CT molecular complexity index is 1100. The molecule has 10 heteroatoms. The highest BCUT2D eigenvalue weighted by molar-refractivity contribution is 5.85. The van der Waals surface area contributed by atoms with E-state index in [1.54, 1.807) is 13.2 Å². The van der Waals surface area contributed by atoms with Crippen LogP contribution in [-0.2, 0) is 23.7 Å². The number of rotatable bonds is 7. The molecule has 4 saturated carbocycles. The molecule has 0 spiro atoms. The Hall–Kier alpha value is -1.40. The molecular formula is C32H49NO9. The molecule has 6 rings (SSSR count). The fourth-order valence-electron chi connectivity index (χ4n) is 10.3. The molecule has 12 atom stereocenters. The number of hydrogen-bond donors (Lipinski definition) is 4. The largest absolute Gasteiger partial charge is 0.458 e.